The van der Waals surface area contributed by atoms with Crippen LogP contribution in [-0.4, -0.2) is 84.7 Å². The van der Waals surface area contributed by atoms with E-state index in [1.165, 1.54) is 0 Å². The third-order valence-electron chi connectivity index (χ3n) is 3.61. The van der Waals surface area contributed by atoms with Crippen LogP contribution >= 0.6 is 0 Å². The lowest BCUT2D eigenvalue weighted by Gasteiger charge is -2.16. The summed E-state index contributed by atoms with van der Waals surface area (Å²) in [6.45, 7) is 5.37. The highest BCUT2D eigenvalue weighted by Crippen LogP contribution is 2.24. The molecule has 18 heavy (non-hydrogen) atoms. The first-order valence-corrected chi connectivity index (χ1v) is 6.45. The summed E-state index contributed by atoms with van der Waals surface area (Å²) in [5, 5.41) is 0. The second kappa shape index (κ2) is 4.66. The van der Waals surface area contributed by atoms with E-state index < -0.39 is 0 Å². The lowest BCUT2D eigenvalue weighted by Crippen LogP contribution is -2.47. The summed E-state index contributed by atoms with van der Waals surface area (Å²) in [5.74, 6) is 0. The summed E-state index contributed by atoms with van der Waals surface area (Å²) in [7, 11) is 8.24. The van der Waals surface area contributed by atoms with Crippen LogP contribution < -0.4 is 0 Å². The van der Waals surface area contributed by atoms with Gasteiger partial charge in [-0.15, -0.1) is 0 Å². The molecule has 0 radical (unpaired) electrons. The Morgan fingerprint density at radius 1 is 0.944 bits per heavy atom. The molecule has 2 aliphatic rings. The maximum absolute atomic E-state index is 5.72. The maximum atomic E-state index is 5.72. The summed E-state index contributed by atoms with van der Waals surface area (Å²) in [6, 6.07) is 1.84. The number of hydrogen-bond acceptors (Lipinski definition) is 4. The fraction of sp³-hybridized carbons (Fsp3) is 0.833. The average Bonchev–Trinajstić information content (AvgIpc) is 2.72. The second-order valence-electron chi connectivity index (χ2n) is 4.70. The molecule has 0 bridgehead atoms. The van der Waals surface area contributed by atoms with E-state index in [1.54, 1.807) is 0 Å². The SMILES string of the molecule is CCOC1=[N+](C)C2C(N1C)N(C)C(OCC)=[N+]2C. The Balaban J connectivity index is 2.35. The fourth-order valence-corrected chi connectivity index (χ4v) is 2.94. The Labute approximate surface area is 109 Å². The topological polar surface area (TPSA) is 31.0 Å². The third kappa shape index (κ3) is 1.62. The minimum Gasteiger partial charge on any atom is -0.432 e. The van der Waals surface area contributed by atoms with Crippen LogP contribution in [0.5, 0.6) is 0 Å². The van der Waals surface area contributed by atoms with E-state index in [4.69, 9.17) is 9.47 Å². The monoisotopic (exact) mass is 256 g/mol. The van der Waals surface area contributed by atoms with Gasteiger partial charge in [0.25, 0.3) is 0 Å². The molecule has 0 aromatic heterocycles. The molecule has 0 fully saturated rings. The smallest absolute Gasteiger partial charge is 0.432 e. The van der Waals surface area contributed by atoms with Gasteiger partial charge in [-0.1, -0.05) is 0 Å². The molecule has 0 spiro atoms. The van der Waals surface area contributed by atoms with E-state index in [0.717, 1.165) is 12.0 Å². The van der Waals surface area contributed by atoms with Gasteiger partial charge in [-0.3, -0.25) is 0 Å². The molecule has 0 N–H and O–H groups in total. The average molecular weight is 256 g/mol. The molecular formula is C12H24N4O2+2. The minimum absolute atomic E-state index is 0.225. The summed E-state index contributed by atoms with van der Waals surface area (Å²) < 4.78 is 15.8. The molecular weight excluding hydrogens is 232 g/mol. The van der Waals surface area contributed by atoms with Gasteiger partial charge in [0.05, 0.1) is 41.4 Å². The van der Waals surface area contributed by atoms with Gasteiger partial charge in [0.1, 0.15) is 0 Å². The van der Waals surface area contributed by atoms with Crippen molar-refractivity contribution in [2.45, 2.75) is 26.2 Å². The summed E-state index contributed by atoms with van der Waals surface area (Å²) >= 11 is 0. The summed E-state index contributed by atoms with van der Waals surface area (Å²) in [5.41, 5.74) is 0. The predicted molar refractivity (Wildman–Crippen MR) is 68.7 cm³/mol. The van der Waals surface area contributed by atoms with Crippen molar-refractivity contribution >= 4 is 12.0 Å². The molecule has 2 heterocycles. The first kappa shape index (κ1) is 13.0. The van der Waals surface area contributed by atoms with Crippen LogP contribution in [0.4, 0.5) is 0 Å². The van der Waals surface area contributed by atoms with Gasteiger partial charge >= 0.3 is 24.4 Å². The molecule has 102 valence electrons. The lowest BCUT2D eigenvalue weighted by molar-refractivity contribution is -0.749. The maximum Gasteiger partial charge on any atom is 0.453 e. The molecule has 0 atom stereocenters. The number of amidine groups is 2. The molecule has 2 rings (SSSR count). The first-order valence-electron chi connectivity index (χ1n) is 6.45. The van der Waals surface area contributed by atoms with E-state index in [2.05, 4.69) is 47.1 Å². The van der Waals surface area contributed by atoms with Crippen molar-refractivity contribution < 1.29 is 18.6 Å². The van der Waals surface area contributed by atoms with Crippen molar-refractivity contribution in [2.75, 3.05) is 41.4 Å². The molecule has 0 saturated heterocycles. The Morgan fingerprint density at radius 3 is 1.61 bits per heavy atom. The van der Waals surface area contributed by atoms with E-state index >= 15 is 0 Å². The molecule has 0 aliphatic carbocycles. The highest BCUT2D eigenvalue weighted by atomic mass is 16.5. The van der Waals surface area contributed by atoms with Crippen LogP contribution in [0, 0.1) is 0 Å². The predicted octanol–water partition coefficient (Wildman–Crippen LogP) is -0.401. The number of rotatable bonds is 2. The molecule has 0 amide bonds. The molecule has 2 aliphatic heterocycles. The van der Waals surface area contributed by atoms with Crippen molar-refractivity contribution in [1.82, 2.24) is 9.80 Å². The van der Waals surface area contributed by atoms with Crippen LogP contribution in [0.2, 0.25) is 0 Å². The minimum atomic E-state index is 0.225. The van der Waals surface area contributed by atoms with Gasteiger partial charge in [-0.2, -0.15) is 19.0 Å². The largest absolute Gasteiger partial charge is 0.453 e. The standard InChI is InChI=1S/C12H24N4O2/c1-7-17-11-13(3)9-10(14(11)4)16(6)12(15(9)5)18-8-2/h9-10H,7-8H2,1-6H3/q+2. The quantitative estimate of drug-likeness (QED) is 0.629. The van der Waals surface area contributed by atoms with Gasteiger partial charge in [-0.05, 0) is 13.8 Å². The van der Waals surface area contributed by atoms with Crippen LogP contribution in [0.1, 0.15) is 13.8 Å². The second-order valence-corrected chi connectivity index (χ2v) is 4.70. The van der Waals surface area contributed by atoms with Gasteiger partial charge in [0, 0.05) is 0 Å². The Morgan fingerprint density at radius 2 is 1.33 bits per heavy atom. The Bertz CT molecular complexity index is 369. The molecule has 6 nitrogen and oxygen atoms in total. The number of fused-ring (bicyclic) bond motifs is 1. The Kier molecular flexibility index (Phi) is 3.36. The molecule has 0 unspecified atom stereocenters. The van der Waals surface area contributed by atoms with E-state index in [1.807, 2.05) is 13.8 Å². The van der Waals surface area contributed by atoms with E-state index in [9.17, 15) is 0 Å². The Hall–Kier alpha value is -1.46. The van der Waals surface area contributed by atoms with Crippen LogP contribution in [0.25, 0.3) is 0 Å². The van der Waals surface area contributed by atoms with Gasteiger partial charge in [0.15, 0.2) is 0 Å². The molecule has 0 aromatic rings. The normalized spacial score (nSPS) is 27.2. The first-order chi connectivity index (χ1) is 8.54. The molecule has 0 aromatic carbocycles. The molecule has 0 saturated carbocycles. The van der Waals surface area contributed by atoms with E-state index in [0.29, 0.717) is 13.2 Å². The van der Waals surface area contributed by atoms with E-state index in [-0.39, 0.29) is 12.3 Å². The van der Waals surface area contributed by atoms with Crippen molar-refractivity contribution in [3.8, 4) is 0 Å². The van der Waals surface area contributed by atoms with Crippen molar-refractivity contribution in [3.05, 3.63) is 0 Å². The van der Waals surface area contributed by atoms with Gasteiger partial charge in [-0.25, -0.2) is 0 Å². The van der Waals surface area contributed by atoms with Crippen LogP contribution in [0.15, 0.2) is 0 Å². The van der Waals surface area contributed by atoms with Crippen LogP contribution in [0.3, 0.4) is 0 Å². The van der Waals surface area contributed by atoms with Crippen molar-refractivity contribution in [3.63, 3.8) is 0 Å². The highest BCUT2D eigenvalue weighted by molar-refractivity contribution is 5.75. The zero-order valence-electron chi connectivity index (χ0n) is 12.2. The number of likely N-dealkylation sites (N-methyl/N-ethyl adjacent to an activating group) is 4. The number of hydrogen-bond donors (Lipinski definition) is 0. The number of nitrogens with zero attached hydrogens (tertiary/aromatic N) is 4. The van der Waals surface area contributed by atoms with Gasteiger partial charge in [0.2, 0.25) is 0 Å². The van der Waals surface area contributed by atoms with Crippen molar-refractivity contribution in [1.29, 1.82) is 0 Å². The number of ether oxygens (including phenoxy) is 2. The summed E-state index contributed by atoms with van der Waals surface area (Å²) in [6.07, 6.45) is 0.450. The summed E-state index contributed by atoms with van der Waals surface area (Å²) in [4.78, 5) is 4.33. The third-order valence-corrected chi connectivity index (χ3v) is 3.61. The lowest BCUT2D eigenvalue weighted by atomic mass is 10.3. The van der Waals surface area contributed by atoms with Gasteiger partial charge < -0.3 is 9.47 Å². The zero-order valence-corrected chi connectivity index (χ0v) is 12.2. The van der Waals surface area contributed by atoms with Crippen LogP contribution in [-0.2, 0) is 9.47 Å². The van der Waals surface area contributed by atoms with Crippen molar-refractivity contribution in [2.24, 2.45) is 0 Å². The highest BCUT2D eigenvalue weighted by Gasteiger charge is 2.62. The zero-order chi connectivity index (χ0) is 13.4. The fourth-order valence-electron chi connectivity index (χ4n) is 2.94. The molecule has 6 heteroatoms.